The molecule has 5 aliphatic carbocycles. The van der Waals surface area contributed by atoms with Crippen LogP contribution in [0, 0.1) is 52.3 Å². The number of benzene rings is 2. The summed E-state index contributed by atoms with van der Waals surface area (Å²) in [7, 11) is 0. The van der Waals surface area contributed by atoms with E-state index in [1.165, 1.54) is 0 Å². The summed E-state index contributed by atoms with van der Waals surface area (Å²) >= 11 is 0. The third-order valence-corrected chi connectivity index (χ3v) is 17.8. The van der Waals surface area contributed by atoms with Crippen LogP contribution in [0.25, 0.3) is 10.8 Å². The molecular formula is C44H51NO7. The summed E-state index contributed by atoms with van der Waals surface area (Å²) < 4.78 is 12.8. The molecule has 3 saturated heterocycles. The van der Waals surface area contributed by atoms with E-state index < -0.39 is 28.6 Å². The average molecular weight is 706 g/mol. The average Bonchev–Trinajstić information content (AvgIpc) is 3.37. The topological polar surface area (TPSA) is 117 Å². The number of ketones is 2. The lowest BCUT2D eigenvalue weighted by Crippen LogP contribution is -2.71. The van der Waals surface area contributed by atoms with Crippen molar-refractivity contribution in [2.24, 2.45) is 52.3 Å². The predicted molar refractivity (Wildman–Crippen MR) is 192 cm³/mol. The Bertz CT molecular complexity index is 2020. The molecule has 8 unspecified atom stereocenters. The summed E-state index contributed by atoms with van der Waals surface area (Å²) in [6.45, 7) is 9.25. The highest BCUT2D eigenvalue weighted by molar-refractivity contribution is 6.22. The predicted octanol–water partition coefficient (Wildman–Crippen LogP) is 5.75. The molecule has 7 fully saturated rings. The zero-order valence-corrected chi connectivity index (χ0v) is 30.8. The molecule has 8 heteroatoms. The third-order valence-electron chi connectivity index (χ3n) is 17.8. The maximum atomic E-state index is 16.0. The second kappa shape index (κ2) is 10.2. The van der Waals surface area contributed by atoms with Gasteiger partial charge in [-0.05, 0) is 117 Å². The van der Waals surface area contributed by atoms with Gasteiger partial charge in [-0.3, -0.25) is 14.5 Å². The van der Waals surface area contributed by atoms with Gasteiger partial charge >= 0.3 is 5.97 Å². The van der Waals surface area contributed by atoms with Gasteiger partial charge in [-0.25, -0.2) is 4.79 Å². The van der Waals surface area contributed by atoms with Crippen molar-refractivity contribution in [3.63, 3.8) is 0 Å². The second-order valence-electron chi connectivity index (χ2n) is 18.9. The van der Waals surface area contributed by atoms with Crippen LogP contribution >= 0.6 is 0 Å². The van der Waals surface area contributed by atoms with Gasteiger partial charge in [0.15, 0.2) is 5.78 Å². The van der Waals surface area contributed by atoms with Crippen LogP contribution in [0.3, 0.4) is 0 Å². The van der Waals surface area contributed by atoms with Crippen molar-refractivity contribution in [3.8, 4) is 0 Å². The number of esters is 1. The van der Waals surface area contributed by atoms with Crippen molar-refractivity contribution in [1.29, 1.82) is 0 Å². The fourth-order valence-corrected chi connectivity index (χ4v) is 15.6. The van der Waals surface area contributed by atoms with Crippen LogP contribution in [0.2, 0.25) is 0 Å². The smallest absolute Gasteiger partial charge is 0.336 e. The summed E-state index contributed by atoms with van der Waals surface area (Å²) in [6, 6.07) is 12.2. The minimum atomic E-state index is -1.09. The molecule has 2 aromatic carbocycles. The van der Waals surface area contributed by atoms with Crippen LogP contribution in [0.5, 0.6) is 0 Å². The number of cyclic esters (lactones) is 1. The maximum absolute atomic E-state index is 16.0. The van der Waals surface area contributed by atoms with Gasteiger partial charge in [-0.15, -0.1) is 0 Å². The fraction of sp³-hybridized carbons (Fsp3) is 0.659. The molecule has 2 aromatic rings. The van der Waals surface area contributed by atoms with Crippen LogP contribution in [0.4, 0.5) is 0 Å². The van der Waals surface area contributed by atoms with E-state index in [4.69, 9.17) is 9.47 Å². The number of fused-ring (bicyclic) bond motifs is 10. The first-order valence-corrected chi connectivity index (χ1v) is 20.2. The van der Waals surface area contributed by atoms with Crippen molar-refractivity contribution in [2.45, 2.75) is 115 Å². The number of aliphatic hydroxyl groups excluding tert-OH is 2. The monoisotopic (exact) mass is 705 g/mol. The van der Waals surface area contributed by atoms with E-state index in [1.54, 1.807) is 0 Å². The van der Waals surface area contributed by atoms with Crippen LogP contribution in [-0.4, -0.2) is 75.8 Å². The second-order valence-corrected chi connectivity index (χ2v) is 18.9. The number of carbonyl (C=O) groups is 3. The van der Waals surface area contributed by atoms with E-state index >= 15 is 9.59 Å². The van der Waals surface area contributed by atoms with Gasteiger partial charge in [0.05, 0.1) is 35.7 Å². The number of carbonyl (C=O) groups excluding carboxylic acids is 3. The van der Waals surface area contributed by atoms with Gasteiger partial charge in [0.25, 0.3) is 0 Å². The van der Waals surface area contributed by atoms with E-state index in [1.807, 2.05) is 25.1 Å². The molecule has 0 amide bonds. The molecule has 0 bridgehead atoms. The quantitative estimate of drug-likeness (QED) is 0.307. The molecule has 11 rings (SSSR count). The van der Waals surface area contributed by atoms with Gasteiger partial charge in [0.1, 0.15) is 23.0 Å². The Morgan fingerprint density at radius 1 is 1.02 bits per heavy atom. The number of Topliss-reactive ketones (excluding diaryl/α,β-unsaturated/α-hetero) is 2. The molecule has 0 aromatic heterocycles. The third kappa shape index (κ3) is 3.38. The number of hydrogen-bond donors (Lipinski definition) is 2. The first-order valence-electron chi connectivity index (χ1n) is 20.2. The number of nitrogens with zero attached hydrogens (tertiary/aromatic N) is 1. The van der Waals surface area contributed by atoms with Crippen LogP contribution in [0.1, 0.15) is 95.0 Å². The van der Waals surface area contributed by atoms with Crippen molar-refractivity contribution >= 4 is 28.3 Å². The van der Waals surface area contributed by atoms with Crippen LogP contribution in [-0.2, 0) is 24.6 Å². The lowest BCUT2D eigenvalue weighted by Gasteiger charge is -2.61. The Kier molecular flexibility index (Phi) is 6.40. The number of ether oxygens (including phenoxy) is 2. The summed E-state index contributed by atoms with van der Waals surface area (Å²) in [6.07, 6.45) is 6.17. The number of epoxide rings is 1. The lowest BCUT2D eigenvalue weighted by atomic mass is 9.40. The maximum Gasteiger partial charge on any atom is 0.336 e. The van der Waals surface area contributed by atoms with Crippen molar-refractivity contribution in [3.05, 3.63) is 58.7 Å². The summed E-state index contributed by atoms with van der Waals surface area (Å²) in [5, 5.41) is 24.6. The standard InChI is InChI=1S/C44H51NO7/c1-21-18-32(51-40(50)26(21)20-46)22(2)27-13-14-28-25-19-33-44(52-33)38(48)35-31-12-7-17-45(31)43(30-11-6-9-23-8-5-10-24(34(23)30)37(43)47)36(35)39(49)42(44,4)29(25)15-16-41(27,28)3/h5-6,8-11,22,25,27-29,31-33,35-36,38,46,48H,7,12-20H2,1-4H3/t22-,25?,27?,28?,29?,31?,32?,33+,35?,36?,38-,41+,42-,43-,44-/m0/s1. The summed E-state index contributed by atoms with van der Waals surface area (Å²) in [4.78, 5) is 46.4. The first kappa shape index (κ1) is 32.5. The molecule has 0 radical (unpaired) electrons. The zero-order chi connectivity index (χ0) is 35.9. The SMILES string of the molecule is CC1=C(CO)C(=O)OC([C@@H](C)C2CCC3C4C[C@H]5O[C@]56[C@@H](O)C5C7CCCN7[C@]7(C(=O)c8cccc9cccc7c89)C5C(=O)[C@]6(C)C4CC[C@@]32C)C1. The van der Waals surface area contributed by atoms with Crippen molar-refractivity contribution in [2.75, 3.05) is 13.2 Å². The van der Waals surface area contributed by atoms with Gasteiger partial charge < -0.3 is 19.7 Å². The van der Waals surface area contributed by atoms with Crippen LogP contribution < -0.4 is 0 Å². The Hall–Kier alpha value is -2.91. The van der Waals surface area contributed by atoms with Gasteiger partial charge in [-0.2, -0.15) is 0 Å². The molecule has 52 heavy (non-hydrogen) atoms. The number of aliphatic hydroxyl groups is 2. The Morgan fingerprint density at radius 2 is 1.81 bits per heavy atom. The molecule has 15 atom stereocenters. The van der Waals surface area contributed by atoms with Crippen LogP contribution in [0.15, 0.2) is 47.5 Å². The minimum absolute atomic E-state index is 0.0298. The zero-order valence-electron chi connectivity index (χ0n) is 30.8. The molecule has 4 heterocycles. The van der Waals surface area contributed by atoms with Crippen molar-refractivity contribution < 1.29 is 34.1 Å². The number of hydrogen-bond acceptors (Lipinski definition) is 8. The first-order chi connectivity index (χ1) is 25.0. The van der Waals surface area contributed by atoms with Gasteiger partial charge in [-0.1, -0.05) is 55.8 Å². The van der Waals surface area contributed by atoms with E-state index in [2.05, 4.69) is 43.9 Å². The van der Waals surface area contributed by atoms with E-state index in [-0.39, 0.29) is 71.5 Å². The van der Waals surface area contributed by atoms with E-state index in [9.17, 15) is 15.0 Å². The minimum Gasteiger partial charge on any atom is -0.458 e. The molecule has 4 aliphatic heterocycles. The highest BCUT2D eigenvalue weighted by atomic mass is 16.6. The molecule has 2 spiro atoms. The molecule has 9 aliphatic rings. The van der Waals surface area contributed by atoms with Gasteiger partial charge in [0, 0.05) is 23.9 Å². The van der Waals surface area contributed by atoms with Crippen molar-refractivity contribution in [1.82, 2.24) is 4.90 Å². The Morgan fingerprint density at radius 3 is 2.58 bits per heavy atom. The summed E-state index contributed by atoms with van der Waals surface area (Å²) in [5.41, 5.74) is 0.159. The Labute approximate surface area is 305 Å². The highest BCUT2D eigenvalue weighted by Crippen LogP contribution is 2.77. The van der Waals surface area contributed by atoms with E-state index in [0.29, 0.717) is 23.8 Å². The molecule has 274 valence electrons. The highest BCUT2D eigenvalue weighted by Gasteiger charge is 2.87. The Balaban J connectivity index is 0.978. The molecule has 4 saturated carbocycles. The summed E-state index contributed by atoms with van der Waals surface area (Å²) in [5.74, 6) is 0.146. The van der Waals surface area contributed by atoms with Gasteiger partial charge in [0.2, 0.25) is 0 Å². The lowest BCUT2D eigenvalue weighted by molar-refractivity contribution is -0.183. The number of rotatable bonds is 3. The fourth-order valence-electron chi connectivity index (χ4n) is 15.6. The normalized spacial score (nSPS) is 49.0. The molecular weight excluding hydrogens is 654 g/mol. The molecule has 8 nitrogen and oxygen atoms in total. The largest absolute Gasteiger partial charge is 0.458 e. The van der Waals surface area contributed by atoms with E-state index in [0.717, 1.165) is 79.0 Å². The molecule has 2 N–H and O–H groups in total.